The average molecular weight is 695 g/mol. The minimum absolute atomic E-state index is 0.163. The largest absolute Gasteiger partial charge is 0.457 e. The van der Waals surface area contributed by atoms with Crippen molar-refractivity contribution in [3.63, 3.8) is 0 Å². The van der Waals surface area contributed by atoms with Crippen molar-refractivity contribution in [2.75, 3.05) is 19.8 Å². The Balaban J connectivity index is 3.31. The molecule has 0 aromatic carbocycles. The highest BCUT2D eigenvalue weighted by atomic mass is 16.6. The van der Waals surface area contributed by atoms with E-state index < -0.39 is 6.10 Å². The van der Waals surface area contributed by atoms with Crippen LogP contribution in [0.15, 0.2) is 0 Å². The summed E-state index contributed by atoms with van der Waals surface area (Å²) in [5.74, 6) is -0.194. The number of hydrogen-bond donors (Lipinski definition) is 1. The summed E-state index contributed by atoms with van der Waals surface area (Å²) >= 11 is 0. The molecule has 0 amide bonds. The highest BCUT2D eigenvalue weighted by Crippen LogP contribution is 2.16. The third-order valence-corrected chi connectivity index (χ3v) is 10.4. The molecule has 0 radical (unpaired) electrons. The molecule has 1 N–H and O–H groups in total. The lowest BCUT2D eigenvalue weighted by molar-refractivity contribution is -0.154. The minimum atomic E-state index is -0.524. The standard InChI is InChI=1S/C45H90O4/c1-3-5-7-9-11-13-15-17-18-19-20-21-22-23-24-25-26-27-29-31-33-35-37-39-41-48-43-44(42-46)49-45(47)40-38-36-34-32-30-28-16-14-12-10-8-6-4-2/h44,46H,3-43H2,1-2H3. The lowest BCUT2D eigenvalue weighted by Gasteiger charge is -2.16. The molecule has 0 saturated heterocycles. The van der Waals surface area contributed by atoms with Gasteiger partial charge in [0.1, 0.15) is 6.10 Å². The number of aliphatic hydroxyl groups is 1. The minimum Gasteiger partial charge on any atom is -0.457 e. The van der Waals surface area contributed by atoms with Gasteiger partial charge in [-0.25, -0.2) is 0 Å². The van der Waals surface area contributed by atoms with Gasteiger partial charge in [0.15, 0.2) is 0 Å². The van der Waals surface area contributed by atoms with E-state index >= 15 is 0 Å². The highest BCUT2D eigenvalue weighted by molar-refractivity contribution is 5.69. The number of esters is 1. The Labute approximate surface area is 308 Å². The molecule has 294 valence electrons. The van der Waals surface area contributed by atoms with Crippen LogP contribution in [-0.4, -0.2) is 37.0 Å². The fourth-order valence-electron chi connectivity index (χ4n) is 7.04. The van der Waals surface area contributed by atoms with E-state index in [1.807, 2.05) is 0 Å². The van der Waals surface area contributed by atoms with E-state index in [1.54, 1.807) is 0 Å². The quantitative estimate of drug-likeness (QED) is 0.0510. The second-order valence-corrected chi connectivity index (χ2v) is 15.5. The zero-order chi connectivity index (χ0) is 35.6. The van der Waals surface area contributed by atoms with Gasteiger partial charge in [0.05, 0.1) is 13.2 Å². The molecule has 1 atom stereocenters. The molecule has 0 saturated carbocycles. The Bertz CT molecular complexity index is 609. The van der Waals surface area contributed by atoms with Gasteiger partial charge in [-0.15, -0.1) is 0 Å². The van der Waals surface area contributed by atoms with E-state index in [4.69, 9.17) is 9.47 Å². The fraction of sp³-hybridized carbons (Fsp3) is 0.978. The Morgan fingerprint density at radius 1 is 0.408 bits per heavy atom. The van der Waals surface area contributed by atoms with Gasteiger partial charge < -0.3 is 14.6 Å². The summed E-state index contributed by atoms with van der Waals surface area (Å²) in [5.41, 5.74) is 0. The summed E-state index contributed by atoms with van der Waals surface area (Å²) in [4.78, 5) is 12.2. The van der Waals surface area contributed by atoms with Gasteiger partial charge in [0, 0.05) is 13.0 Å². The van der Waals surface area contributed by atoms with Crippen molar-refractivity contribution in [3.8, 4) is 0 Å². The molecule has 0 aliphatic carbocycles. The third-order valence-electron chi connectivity index (χ3n) is 10.4. The molecular weight excluding hydrogens is 604 g/mol. The summed E-state index contributed by atoms with van der Waals surface area (Å²) in [6, 6.07) is 0. The maximum absolute atomic E-state index is 12.2. The van der Waals surface area contributed by atoms with Crippen LogP contribution in [0, 0.1) is 0 Å². The number of unbranched alkanes of at least 4 members (excludes halogenated alkanes) is 35. The van der Waals surface area contributed by atoms with Crippen LogP contribution < -0.4 is 0 Å². The number of hydrogen-bond acceptors (Lipinski definition) is 4. The average Bonchev–Trinajstić information content (AvgIpc) is 3.11. The van der Waals surface area contributed by atoms with Gasteiger partial charge in [-0.05, 0) is 12.8 Å². The molecule has 0 spiro atoms. The molecule has 0 bridgehead atoms. The Morgan fingerprint density at radius 2 is 0.673 bits per heavy atom. The van der Waals surface area contributed by atoms with Crippen LogP contribution in [-0.2, 0) is 14.3 Å². The maximum atomic E-state index is 12.2. The number of carbonyl (C=O) groups excluding carboxylic acids is 1. The smallest absolute Gasteiger partial charge is 0.306 e. The van der Waals surface area contributed by atoms with Crippen LogP contribution in [0.2, 0.25) is 0 Å². The van der Waals surface area contributed by atoms with Crippen molar-refractivity contribution in [1.82, 2.24) is 0 Å². The molecule has 4 nitrogen and oxygen atoms in total. The van der Waals surface area contributed by atoms with E-state index in [-0.39, 0.29) is 12.6 Å². The van der Waals surface area contributed by atoms with Crippen LogP contribution in [0.5, 0.6) is 0 Å². The predicted octanol–water partition coefficient (Wildman–Crippen LogP) is 14.8. The molecule has 49 heavy (non-hydrogen) atoms. The van der Waals surface area contributed by atoms with Crippen LogP contribution >= 0.6 is 0 Å². The summed E-state index contributed by atoms with van der Waals surface area (Å²) in [5, 5.41) is 9.59. The van der Waals surface area contributed by atoms with Crippen LogP contribution in [0.3, 0.4) is 0 Å². The number of ether oxygens (including phenoxy) is 2. The van der Waals surface area contributed by atoms with E-state index in [9.17, 15) is 9.90 Å². The van der Waals surface area contributed by atoms with Gasteiger partial charge in [0.25, 0.3) is 0 Å². The Morgan fingerprint density at radius 3 is 0.959 bits per heavy atom. The molecular formula is C45H90O4. The van der Waals surface area contributed by atoms with Crippen molar-refractivity contribution in [3.05, 3.63) is 0 Å². The topological polar surface area (TPSA) is 55.8 Å². The van der Waals surface area contributed by atoms with Gasteiger partial charge in [0.2, 0.25) is 0 Å². The fourth-order valence-corrected chi connectivity index (χ4v) is 7.04. The van der Waals surface area contributed by atoms with Crippen LogP contribution in [0.4, 0.5) is 0 Å². The van der Waals surface area contributed by atoms with Gasteiger partial charge in [-0.2, -0.15) is 0 Å². The number of rotatable bonds is 43. The summed E-state index contributed by atoms with van der Waals surface area (Å²) in [6.45, 7) is 5.40. The predicted molar refractivity (Wildman–Crippen MR) is 215 cm³/mol. The monoisotopic (exact) mass is 695 g/mol. The molecule has 4 heteroatoms. The van der Waals surface area contributed by atoms with Crippen molar-refractivity contribution in [1.29, 1.82) is 0 Å². The van der Waals surface area contributed by atoms with E-state index in [2.05, 4.69) is 13.8 Å². The van der Waals surface area contributed by atoms with Crippen LogP contribution in [0.1, 0.15) is 258 Å². The van der Waals surface area contributed by atoms with E-state index in [1.165, 1.54) is 218 Å². The van der Waals surface area contributed by atoms with Crippen molar-refractivity contribution in [2.24, 2.45) is 0 Å². The molecule has 0 aliphatic rings. The summed E-state index contributed by atoms with van der Waals surface area (Å²) < 4.78 is 11.2. The molecule has 0 rings (SSSR count). The van der Waals surface area contributed by atoms with Gasteiger partial charge >= 0.3 is 5.97 Å². The first-order valence-corrected chi connectivity index (χ1v) is 22.6. The number of carbonyl (C=O) groups is 1. The van der Waals surface area contributed by atoms with E-state index in [0.29, 0.717) is 19.6 Å². The third kappa shape index (κ3) is 41.7. The second kappa shape index (κ2) is 43.6. The summed E-state index contributed by atoms with van der Waals surface area (Å²) in [7, 11) is 0. The lowest BCUT2D eigenvalue weighted by Crippen LogP contribution is -2.27. The molecule has 0 aromatic rings. The lowest BCUT2D eigenvalue weighted by atomic mass is 10.0. The molecule has 0 fully saturated rings. The van der Waals surface area contributed by atoms with Crippen molar-refractivity contribution >= 4 is 5.97 Å². The molecule has 1 unspecified atom stereocenters. The van der Waals surface area contributed by atoms with Gasteiger partial charge in [-0.3, -0.25) is 4.79 Å². The highest BCUT2D eigenvalue weighted by Gasteiger charge is 2.13. The Kier molecular flexibility index (Phi) is 43.0. The number of aliphatic hydroxyl groups excluding tert-OH is 1. The van der Waals surface area contributed by atoms with Crippen molar-refractivity contribution in [2.45, 2.75) is 264 Å². The Hall–Kier alpha value is -0.610. The first kappa shape index (κ1) is 48.4. The molecule has 0 aliphatic heterocycles. The second-order valence-electron chi connectivity index (χ2n) is 15.5. The van der Waals surface area contributed by atoms with Crippen LogP contribution in [0.25, 0.3) is 0 Å². The summed E-state index contributed by atoms with van der Waals surface area (Å²) in [6.07, 6.45) is 50.4. The maximum Gasteiger partial charge on any atom is 0.306 e. The van der Waals surface area contributed by atoms with E-state index in [0.717, 1.165) is 19.3 Å². The zero-order valence-electron chi connectivity index (χ0n) is 33.7. The molecule has 0 heterocycles. The first-order valence-electron chi connectivity index (χ1n) is 22.6. The first-order chi connectivity index (χ1) is 24.2. The van der Waals surface area contributed by atoms with Gasteiger partial charge in [-0.1, -0.05) is 239 Å². The zero-order valence-corrected chi connectivity index (χ0v) is 33.7. The molecule has 0 aromatic heterocycles. The van der Waals surface area contributed by atoms with Crippen molar-refractivity contribution < 1.29 is 19.4 Å². The SMILES string of the molecule is CCCCCCCCCCCCCCCCCCCCCCCCCCOCC(CO)OC(=O)CCCCCCCCCCCCCCC. The normalized spacial score (nSPS) is 12.1.